The van der Waals surface area contributed by atoms with Gasteiger partial charge in [0.2, 0.25) is 0 Å². The predicted molar refractivity (Wildman–Crippen MR) is 86.6 cm³/mol. The van der Waals surface area contributed by atoms with E-state index in [1.54, 1.807) is 6.07 Å². The van der Waals surface area contributed by atoms with Crippen molar-refractivity contribution in [3.63, 3.8) is 0 Å². The molecule has 118 valence electrons. The maximum atomic E-state index is 12.0. The number of hydrogen-bond donors (Lipinski definition) is 1. The molecule has 3 heterocycles. The van der Waals surface area contributed by atoms with Crippen LogP contribution in [-0.2, 0) is 0 Å². The van der Waals surface area contributed by atoms with Crippen molar-refractivity contribution in [1.82, 2.24) is 10.2 Å². The highest BCUT2D eigenvalue weighted by Crippen LogP contribution is 2.37. The molecule has 0 bridgehead atoms. The molecule has 8 nitrogen and oxygen atoms in total. The lowest BCUT2D eigenvalue weighted by Gasteiger charge is -1.95. The van der Waals surface area contributed by atoms with E-state index in [0.717, 1.165) is 22.7 Å². The molecule has 0 aliphatic rings. The van der Waals surface area contributed by atoms with E-state index in [2.05, 4.69) is 15.5 Å². The fourth-order valence-electron chi connectivity index (χ4n) is 1.58. The summed E-state index contributed by atoms with van der Waals surface area (Å²) in [5.41, 5.74) is 0.460. The van der Waals surface area contributed by atoms with Gasteiger partial charge in [0.15, 0.2) is 0 Å². The second-order valence-corrected chi connectivity index (χ2v) is 7.35. The predicted octanol–water partition coefficient (Wildman–Crippen LogP) is 4.33. The first-order chi connectivity index (χ1) is 10.9. The molecule has 0 fully saturated rings. The van der Waals surface area contributed by atoms with Gasteiger partial charge in [0.25, 0.3) is 11.8 Å². The Bertz CT molecular complexity index is 904. The van der Waals surface area contributed by atoms with Crippen molar-refractivity contribution in [2.24, 2.45) is 0 Å². The lowest BCUT2D eigenvalue weighted by Crippen LogP contribution is -2.10. The van der Waals surface area contributed by atoms with Crippen LogP contribution in [0.3, 0.4) is 0 Å². The van der Waals surface area contributed by atoms with Crippen molar-refractivity contribution in [2.75, 3.05) is 5.32 Å². The van der Waals surface area contributed by atoms with Crippen molar-refractivity contribution in [1.29, 1.82) is 0 Å². The molecule has 0 unspecified atom stereocenters. The number of thiophene rings is 2. The van der Waals surface area contributed by atoms with Crippen LogP contribution in [0.2, 0.25) is 8.67 Å². The summed E-state index contributed by atoms with van der Waals surface area (Å²) in [6.45, 7) is 0. The first-order valence-corrected chi connectivity index (χ1v) is 8.17. The zero-order valence-corrected chi connectivity index (χ0v) is 13.9. The van der Waals surface area contributed by atoms with Gasteiger partial charge in [-0.05, 0) is 12.1 Å². The highest BCUT2D eigenvalue weighted by molar-refractivity contribution is 7.20. The molecule has 0 atom stereocenters. The molecule has 0 aliphatic carbocycles. The zero-order valence-electron chi connectivity index (χ0n) is 10.8. The van der Waals surface area contributed by atoms with Crippen molar-refractivity contribution < 1.29 is 14.1 Å². The maximum absolute atomic E-state index is 12.0. The van der Waals surface area contributed by atoms with Crippen molar-refractivity contribution in [3.8, 4) is 11.5 Å². The molecule has 3 rings (SSSR count). The minimum atomic E-state index is -0.590. The first-order valence-electron chi connectivity index (χ1n) is 5.78. The monoisotopic (exact) mass is 390 g/mol. The Kier molecular flexibility index (Phi) is 4.31. The van der Waals surface area contributed by atoms with Gasteiger partial charge in [0.05, 0.1) is 19.7 Å². The molecular formula is C11H4Cl2N4O4S2. The van der Waals surface area contributed by atoms with Gasteiger partial charge in [-0.2, -0.15) is 0 Å². The average Bonchev–Trinajstić information content (AvgIpc) is 3.18. The van der Waals surface area contributed by atoms with E-state index in [9.17, 15) is 14.9 Å². The van der Waals surface area contributed by atoms with Crippen LogP contribution in [0, 0.1) is 10.1 Å². The number of nitrogens with one attached hydrogen (secondary N) is 1. The first kappa shape index (κ1) is 15.9. The molecule has 12 heteroatoms. The zero-order chi connectivity index (χ0) is 16.6. The standard InChI is InChI=1S/C11H4Cl2N4O4S2/c12-6-3-4(8(13)23-6)10-15-16-11(21-10)14-9(18)5-1-2-7(22-5)17(19)20/h1-3H,(H,14,16,18). The van der Waals surface area contributed by atoms with Crippen LogP contribution in [0.5, 0.6) is 0 Å². The summed E-state index contributed by atoms with van der Waals surface area (Å²) in [5.74, 6) is -0.488. The van der Waals surface area contributed by atoms with Crippen molar-refractivity contribution in [2.45, 2.75) is 0 Å². The van der Waals surface area contributed by atoms with Gasteiger partial charge >= 0.3 is 11.0 Å². The molecule has 1 amide bonds. The molecule has 3 aromatic heterocycles. The minimum absolute atomic E-state index is 0.102. The lowest BCUT2D eigenvalue weighted by molar-refractivity contribution is -0.380. The Balaban J connectivity index is 1.77. The SMILES string of the molecule is O=C(Nc1nnc(-c2cc(Cl)sc2Cl)o1)c1ccc([N+](=O)[O-])s1. The number of hydrogen-bond acceptors (Lipinski definition) is 8. The third-order valence-electron chi connectivity index (χ3n) is 2.53. The second kappa shape index (κ2) is 6.24. The molecule has 0 aromatic carbocycles. The number of carbonyl (C=O) groups excluding carboxylic acids is 1. The van der Waals surface area contributed by atoms with E-state index < -0.39 is 10.8 Å². The second-order valence-electron chi connectivity index (χ2n) is 4.00. The topological polar surface area (TPSA) is 111 Å². The van der Waals surface area contributed by atoms with Crippen molar-refractivity contribution >= 4 is 62.8 Å². The van der Waals surface area contributed by atoms with Crippen LogP contribution in [0.15, 0.2) is 22.6 Å². The van der Waals surface area contributed by atoms with E-state index in [1.165, 1.54) is 12.1 Å². The summed E-state index contributed by atoms with van der Waals surface area (Å²) >= 11 is 13.7. The average molecular weight is 391 g/mol. The number of carbonyl (C=O) groups is 1. The van der Waals surface area contributed by atoms with E-state index >= 15 is 0 Å². The third-order valence-corrected chi connectivity index (χ3v) is 5.05. The smallest absolute Gasteiger partial charge is 0.324 e. The van der Waals surface area contributed by atoms with Gasteiger partial charge in [0.1, 0.15) is 4.34 Å². The van der Waals surface area contributed by atoms with Gasteiger partial charge < -0.3 is 4.42 Å². The van der Waals surface area contributed by atoms with Gasteiger partial charge in [-0.1, -0.05) is 39.6 Å². The maximum Gasteiger partial charge on any atom is 0.324 e. The van der Waals surface area contributed by atoms with Crippen LogP contribution in [0.4, 0.5) is 11.0 Å². The molecule has 1 N–H and O–H groups in total. The Hall–Kier alpha value is -2.01. The summed E-state index contributed by atoms with van der Waals surface area (Å²) < 4.78 is 6.13. The Morgan fingerprint density at radius 3 is 2.70 bits per heavy atom. The number of aromatic nitrogens is 2. The normalized spacial score (nSPS) is 10.7. The van der Waals surface area contributed by atoms with E-state index in [-0.39, 0.29) is 21.8 Å². The van der Waals surface area contributed by atoms with Gasteiger partial charge in [0, 0.05) is 6.07 Å². The van der Waals surface area contributed by atoms with Crippen LogP contribution < -0.4 is 5.32 Å². The third kappa shape index (κ3) is 3.34. The molecule has 3 aromatic rings. The van der Waals surface area contributed by atoms with Crippen LogP contribution in [0.1, 0.15) is 9.67 Å². The highest BCUT2D eigenvalue weighted by atomic mass is 35.5. The summed E-state index contributed by atoms with van der Waals surface area (Å²) in [6, 6.07) is 3.99. The van der Waals surface area contributed by atoms with Crippen molar-refractivity contribution in [3.05, 3.63) is 41.9 Å². The summed E-state index contributed by atoms with van der Waals surface area (Å²) in [7, 11) is 0. The number of anilines is 1. The number of nitro groups is 1. The number of nitrogens with zero attached hydrogens (tertiary/aromatic N) is 3. The highest BCUT2D eigenvalue weighted by Gasteiger charge is 2.19. The molecule has 0 spiro atoms. The summed E-state index contributed by atoms with van der Waals surface area (Å²) in [6.07, 6.45) is 0. The molecule has 23 heavy (non-hydrogen) atoms. The van der Waals surface area contributed by atoms with Crippen LogP contribution >= 0.6 is 45.9 Å². The Morgan fingerprint density at radius 1 is 1.30 bits per heavy atom. The van der Waals surface area contributed by atoms with Gasteiger partial charge in [-0.25, -0.2) is 0 Å². The lowest BCUT2D eigenvalue weighted by atomic mass is 10.3. The summed E-state index contributed by atoms with van der Waals surface area (Å²) in [4.78, 5) is 22.2. The van der Waals surface area contributed by atoms with E-state index in [0.29, 0.717) is 14.2 Å². The largest absolute Gasteiger partial charge is 0.403 e. The fraction of sp³-hybridized carbons (Fsp3) is 0. The molecule has 0 radical (unpaired) electrons. The quantitative estimate of drug-likeness (QED) is 0.524. The number of rotatable bonds is 4. The van der Waals surface area contributed by atoms with E-state index in [4.69, 9.17) is 27.6 Å². The summed E-state index contributed by atoms with van der Waals surface area (Å²) in [5, 5.41) is 20.3. The molecule has 0 aliphatic heterocycles. The van der Waals surface area contributed by atoms with Crippen LogP contribution in [0.25, 0.3) is 11.5 Å². The number of amides is 1. The van der Waals surface area contributed by atoms with E-state index in [1.807, 2.05) is 0 Å². The van der Waals surface area contributed by atoms with Crippen LogP contribution in [-0.4, -0.2) is 21.0 Å². The number of halogens is 2. The minimum Gasteiger partial charge on any atom is -0.403 e. The Labute approximate surface area is 145 Å². The van der Waals surface area contributed by atoms with Gasteiger partial charge in [-0.3, -0.25) is 20.2 Å². The Morgan fingerprint density at radius 2 is 2.09 bits per heavy atom. The fourth-order valence-corrected chi connectivity index (χ4v) is 3.74. The molecular weight excluding hydrogens is 387 g/mol. The molecule has 0 saturated heterocycles. The molecule has 0 saturated carbocycles. The van der Waals surface area contributed by atoms with Gasteiger partial charge in [-0.15, -0.1) is 16.4 Å².